The Morgan fingerprint density at radius 1 is 0.957 bits per heavy atom. The third-order valence-corrected chi connectivity index (χ3v) is 3.71. The number of benzene rings is 2. The van der Waals surface area contributed by atoms with Gasteiger partial charge in [0.05, 0.1) is 5.69 Å². The van der Waals surface area contributed by atoms with Gasteiger partial charge >= 0.3 is 0 Å². The van der Waals surface area contributed by atoms with Crippen LogP contribution in [0.1, 0.15) is 18.4 Å². The molecular weight excluding hydrogens is 280 g/mol. The summed E-state index contributed by atoms with van der Waals surface area (Å²) >= 11 is 0. The first-order valence-corrected chi connectivity index (χ1v) is 7.88. The van der Waals surface area contributed by atoms with E-state index < -0.39 is 0 Å². The minimum Gasteiger partial charge on any atom is -0.238 e. The zero-order valence-electron chi connectivity index (χ0n) is 13.5. The van der Waals surface area contributed by atoms with Gasteiger partial charge in [-0.25, -0.2) is 9.97 Å². The fraction of sp³-hybridized carbons (Fsp3) is 0.143. The third kappa shape index (κ3) is 3.54. The van der Waals surface area contributed by atoms with Crippen LogP contribution in [-0.4, -0.2) is 9.97 Å². The minimum absolute atomic E-state index is 0.740. The Morgan fingerprint density at radius 3 is 2.65 bits per heavy atom. The number of fused-ring (bicyclic) bond motifs is 1. The highest BCUT2D eigenvalue weighted by Crippen LogP contribution is 2.27. The van der Waals surface area contributed by atoms with Crippen LogP contribution in [0.4, 0.5) is 0 Å². The van der Waals surface area contributed by atoms with E-state index in [0.717, 1.165) is 29.2 Å². The van der Waals surface area contributed by atoms with Gasteiger partial charge in [-0.15, -0.1) is 0 Å². The molecule has 3 rings (SSSR count). The maximum atomic E-state index is 4.77. The second-order valence-corrected chi connectivity index (χ2v) is 5.50. The summed E-state index contributed by atoms with van der Waals surface area (Å²) in [5.41, 5.74) is 3.15. The van der Waals surface area contributed by atoms with Crippen molar-refractivity contribution in [2.45, 2.75) is 20.3 Å². The van der Waals surface area contributed by atoms with Crippen LogP contribution in [0.15, 0.2) is 72.8 Å². The van der Waals surface area contributed by atoms with Crippen LogP contribution in [0.2, 0.25) is 0 Å². The Balaban J connectivity index is 2.03. The molecule has 2 aromatic carbocycles. The van der Waals surface area contributed by atoms with Crippen LogP contribution in [0.25, 0.3) is 22.0 Å². The summed E-state index contributed by atoms with van der Waals surface area (Å²) in [6.45, 7) is 4.03. The van der Waals surface area contributed by atoms with Gasteiger partial charge in [0.1, 0.15) is 5.82 Å². The summed E-state index contributed by atoms with van der Waals surface area (Å²) < 4.78 is 0. The summed E-state index contributed by atoms with van der Waals surface area (Å²) in [6, 6.07) is 16.8. The number of allylic oxidation sites excluding steroid dienone is 4. The number of aryl methyl sites for hydroxylation is 1. The highest BCUT2D eigenvalue weighted by Gasteiger charge is 2.07. The molecule has 0 aliphatic heterocycles. The van der Waals surface area contributed by atoms with Gasteiger partial charge in [0, 0.05) is 17.7 Å². The molecule has 23 heavy (non-hydrogen) atoms. The molecule has 0 N–H and O–H groups in total. The van der Waals surface area contributed by atoms with Crippen molar-refractivity contribution in [2.75, 3.05) is 0 Å². The fourth-order valence-electron chi connectivity index (χ4n) is 2.67. The van der Waals surface area contributed by atoms with E-state index >= 15 is 0 Å². The van der Waals surface area contributed by atoms with Crippen molar-refractivity contribution in [3.63, 3.8) is 0 Å². The van der Waals surface area contributed by atoms with Gasteiger partial charge in [0.2, 0.25) is 0 Å². The monoisotopic (exact) mass is 300 g/mol. The fourth-order valence-corrected chi connectivity index (χ4v) is 2.67. The van der Waals surface area contributed by atoms with Crippen molar-refractivity contribution in [1.29, 1.82) is 0 Å². The van der Waals surface area contributed by atoms with E-state index in [9.17, 15) is 0 Å². The zero-order chi connectivity index (χ0) is 16.1. The average Bonchev–Trinajstić information content (AvgIpc) is 2.58. The molecule has 0 bridgehead atoms. The van der Waals surface area contributed by atoms with Crippen molar-refractivity contribution in [2.24, 2.45) is 0 Å². The lowest BCUT2D eigenvalue weighted by molar-refractivity contribution is 0.964. The van der Waals surface area contributed by atoms with Crippen molar-refractivity contribution < 1.29 is 0 Å². The van der Waals surface area contributed by atoms with E-state index in [2.05, 4.69) is 59.6 Å². The van der Waals surface area contributed by atoms with Crippen LogP contribution < -0.4 is 0 Å². The first-order chi connectivity index (χ1) is 11.3. The van der Waals surface area contributed by atoms with Crippen molar-refractivity contribution in [3.05, 3.63) is 84.4 Å². The lowest BCUT2D eigenvalue weighted by Gasteiger charge is -2.08. The van der Waals surface area contributed by atoms with E-state index in [1.807, 2.05) is 32.1 Å². The average molecular weight is 300 g/mol. The number of hydrogen-bond acceptors (Lipinski definition) is 2. The molecule has 3 aromatic rings. The molecule has 2 nitrogen and oxygen atoms in total. The molecule has 0 atom stereocenters. The van der Waals surface area contributed by atoms with Gasteiger partial charge in [-0.2, -0.15) is 0 Å². The Morgan fingerprint density at radius 2 is 1.78 bits per heavy atom. The minimum atomic E-state index is 0.740. The Labute approximate surface area is 137 Å². The van der Waals surface area contributed by atoms with Gasteiger partial charge in [0.25, 0.3) is 0 Å². The van der Waals surface area contributed by atoms with Gasteiger partial charge in [-0.1, -0.05) is 66.8 Å². The first kappa shape index (κ1) is 15.2. The van der Waals surface area contributed by atoms with E-state index in [0.29, 0.717) is 0 Å². The molecule has 0 radical (unpaired) electrons. The lowest BCUT2D eigenvalue weighted by atomic mass is 10.0. The van der Waals surface area contributed by atoms with Crippen molar-refractivity contribution in [1.82, 2.24) is 9.97 Å². The largest absolute Gasteiger partial charge is 0.238 e. The number of aromatic nitrogens is 2. The molecule has 0 amide bonds. The smallest absolute Gasteiger partial charge is 0.133 e. The quantitative estimate of drug-likeness (QED) is 0.613. The van der Waals surface area contributed by atoms with E-state index in [-0.39, 0.29) is 0 Å². The highest BCUT2D eigenvalue weighted by atomic mass is 14.9. The summed E-state index contributed by atoms with van der Waals surface area (Å²) in [4.78, 5) is 9.32. The molecule has 0 aliphatic rings. The normalized spacial score (nSPS) is 11.7. The zero-order valence-corrected chi connectivity index (χ0v) is 13.5. The Bertz CT molecular complexity index is 871. The number of hydrogen-bond donors (Lipinski definition) is 0. The maximum Gasteiger partial charge on any atom is 0.133 e. The first-order valence-electron chi connectivity index (χ1n) is 7.88. The Hall–Kier alpha value is -2.74. The van der Waals surface area contributed by atoms with Crippen LogP contribution in [0.3, 0.4) is 0 Å². The van der Waals surface area contributed by atoms with E-state index in [1.165, 1.54) is 10.8 Å². The van der Waals surface area contributed by atoms with Crippen LogP contribution in [-0.2, 0) is 6.42 Å². The molecule has 0 aliphatic carbocycles. The molecule has 114 valence electrons. The second-order valence-electron chi connectivity index (χ2n) is 5.50. The molecule has 0 saturated carbocycles. The third-order valence-electron chi connectivity index (χ3n) is 3.71. The summed E-state index contributed by atoms with van der Waals surface area (Å²) in [5.74, 6) is 0.855. The molecule has 0 saturated heterocycles. The number of nitrogens with zero attached hydrogens (tertiary/aromatic N) is 2. The van der Waals surface area contributed by atoms with Gasteiger partial charge < -0.3 is 0 Å². The summed E-state index contributed by atoms with van der Waals surface area (Å²) in [5, 5.41) is 2.46. The van der Waals surface area contributed by atoms with Crippen molar-refractivity contribution >= 4 is 10.8 Å². The standard InChI is InChI=1S/C21H20N2/c1-3-4-5-6-14-21-22-16(2)15-20(23-21)19-13-9-11-17-10-7-8-12-18(17)19/h3-13,15H,14H2,1-2H3/b4-3-,6-5-. The SMILES string of the molecule is C/C=C\C=C/Cc1nc(C)cc(-c2cccc3ccccc23)n1. The number of rotatable bonds is 4. The maximum absolute atomic E-state index is 4.77. The van der Waals surface area contributed by atoms with E-state index in [4.69, 9.17) is 4.98 Å². The Kier molecular flexibility index (Phi) is 4.62. The van der Waals surface area contributed by atoms with Gasteiger partial charge in [-0.3, -0.25) is 0 Å². The molecule has 2 heteroatoms. The van der Waals surface area contributed by atoms with Gasteiger partial charge in [-0.05, 0) is 30.7 Å². The molecule has 0 unspecified atom stereocenters. The van der Waals surface area contributed by atoms with Gasteiger partial charge in [0.15, 0.2) is 0 Å². The van der Waals surface area contributed by atoms with Crippen molar-refractivity contribution in [3.8, 4) is 11.3 Å². The lowest BCUT2D eigenvalue weighted by Crippen LogP contribution is -1.98. The topological polar surface area (TPSA) is 25.8 Å². The predicted octanol–water partition coefficient (Wildman–Crippen LogP) is 5.28. The summed E-state index contributed by atoms with van der Waals surface area (Å²) in [7, 11) is 0. The molecular formula is C21H20N2. The van der Waals surface area contributed by atoms with Crippen LogP contribution >= 0.6 is 0 Å². The van der Waals surface area contributed by atoms with Crippen LogP contribution in [0.5, 0.6) is 0 Å². The van der Waals surface area contributed by atoms with E-state index in [1.54, 1.807) is 0 Å². The molecule has 1 heterocycles. The highest BCUT2D eigenvalue weighted by molar-refractivity contribution is 5.95. The second kappa shape index (κ2) is 7.01. The molecule has 1 aromatic heterocycles. The molecule has 0 spiro atoms. The summed E-state index contributed by atoms with van der Waals surface area (Å²) in [6.07, 6.45) is 8.88. The molecule has 0 fully saturated rings. The predicted molar refractivity (Wildman–Crippen MR) is 97.4 cm³/mol. The van der Waals surface area contributed by atoms with Crippen LogP contribution in [0, 0.1) is 6.92 Å².